The third-order valence-corrected chi connectivity index (χ3v) is 1.06. The quantitative estimate of drug-likeness (QED) is 0.352. The second-order valence-electron chi connectivity index (χ2n) is 1.93. The van der Waals surface area contributed by atoms with E-state index in [-0.39, 0.29) is 0 Å². The van der Waals surface area contributed by atoms with E-state index in [1.807, 2.05) is 0 Å². The van der Waals surface area contributed by atoms with Crippen LogP contribution in [0.5, 0.6) is 0 Å². The second-order valence-corrected chi connectivity index (χ2v) is 1.93. The average Bonchev–Trinajstić information content (AvgIpc) is 1.88. The van der Waals surface area contributed by atoms with Crippen molar-refractivity contribution in [3.8, 4) is 0 Å². The molecule has 0 saturated heterocycles. The van der Waals surface area contributed by atoms with Gasteiger partial charge in [-0.05, 0) is 12.1 Å². The molecular weight excluding hydrogens is 133 g/mol. The van der Waals surface area contributed by atoms with E-state index in [4.69, 9.17) is 5.84 Å². The van der Waals surface area contributed by atoms with Crippen LogP contribution in [0.4, 0.5) is 10.2 Å². The van der Waals surface area contributed by atoms with Gasteiger partial charge in [0.15, 0.2) is 0 Å². The number of nitrogens with two attached hydrogens (primary N) is 1. The lowest BCUT2D eigenvalue weighted by atomic mass is 10.4. The van der Waals surface area contributed by atoms with E-state index in [1.54, 1.807) is 19.2 Å². The average molecular weight is 141 g/mol. The van der Waals surface area contributed by atoms with Gasteiger partial charge in [0.25, 0.3) is 0 Å². The molecule has 0 radical (unpaired) electrons. The number of hydrogen-bond donors (Lipinski definition) is 1. The largest absolute Gasteiger partial charge is 0.298 e. The highest BCUT2D eigenvalue weighted by Gasteiger charge is 1.96. The summed E-state index contributed by atoms with van der Waals surface area (Å²) in [5.74, 6) is 5.18. The van der Waals surface area contributed by atoms with Crippen molar-refractivity contribution in [1.29, 1.82) is 0 Å². The molecule has 0 aliphatic carbocycles. The second kappa shape index (κ2) is 2.62. The van der Waals surface area contributed by atoms with E-state index in [9.17, 15) is 4.39 Å². The number of nitrogens with zero attached hydrogens (tertiary/aromatic N) is 2. The topological polar surface area (TPSA) is 42.1 Å². The fourth-order valence-corrected chi connectivity index (χ4v) is 0.594. The van der Waals surface area contributed by atoms with Gasteiger partial charge in [0.2, 0.25) is 5.95 Å². The highest BCUT2D eigenvalue weighted by Crippen LogP contribution is 2.04. The number of aromatic nitrogens is 1. The summed E-state index contributed by atoms with van der Waals surface area (Å²) in [6, 6.07) is 4.46. The molecule has 10 heavy (non-hydrogen) atoms. The molecule has 54 valence electrons. The number of pyridine rings is 1. The van der Waals surface area contributed by atoms with Gasteiger partial charge in [-0.15, -0.1) is 0 Å². The van der Waals surface area contributed by atoms with E-state index in [1.165, 1.54) is 11.1 Å². The van der Waals surface area contributed by atoms with Crippen molar-refractivity contribution in [2.75, 3.05) is 12.1 Å². The maximum absolute atomic E-state index is 12.3. The molecule has 1 rings (SSSR count). The van der Waals surface area contributed by atoms with Crippen LogP contribution < -0.4 is 10.9 Å². The Morgan fingerprint density at radius 2 is 2.30 bits per heavy atom. The fraction of sp³-hybridized carbons (Fsp3) is 0.167. The first-order chi connectivity index (χ1) is 4.70. The molecule has 0 aromatic carbocycles. The van der Waals surface area contributed by atoms with Crippen LogP contribution in [0.3, 0.4) is 0 Å². The Bertz CT molecular complexity index is 224. The molecule has 1 aromatic rings. The monoisotopic (exact) mass is 141 g/mol. The summed E-state index contributed by atoms with van der Waals surface area (Å²) in [6.07, 6.45) is 0. The zero-order chi connectivity index (χ0) is 7.56. The van der Waals surface area contributed by atoms with Gasteiger partial charge in [0.1, 0.15) is 5.82 Å². The molecule has 4 heteroatoms. The molecule has 3 nitrogen and oxygen atoms in total. The molecule has 0 aliphatic heterocycles. The van der Waals surface area contributed by atoms with Crippen LogP contribution in [0.2, 0.25) is 0 Å². The molecule has 0 amide bonds. The van der Waals surface area contributed by atoms with Crippen LogP contribution >= 0.6 is 0 Å². The van der Waals surface area contributed by atoms with Crippen molar-refractivity contribution in [3.05, 3.63) is 24.1 Å². The lowest BCUT2D eigenvalue weighted by Crippen LogP contribution is -2.26. The van der Waals surface area contributed by atoms with Gasteiger partial charge >= 0.3 is 0 Å². The predicted octanol–water partition coefficient (Wildman–Crippen LogP) is 0.531. The molecule has 0 saturated carbocycles. The summed E-state index contributed by atoms with van der Waals surface area (Å²) in [4.78, 5) is 3.51. The van der Waals surface area contributed by atoms with Crippen molar-refractivity contribution in [2.45, 2.75) is 0 Å². The van der Waals surface area contributed by atoms with E-state index >= 15 is 0 Å². The van der Waals surface area contributed by atoms with Crippen molar-refractivity contribution in [3.63, 3.8) is 0 Å². The maximum atomic E-state index is 12.3. The number of halogens is 1. The smallest absolute Gasteiger partial charge is 0.214 e. The maximum Gasteiger partial charge on any atom is 0.214 e. The van der Waals surface area contributed by atoms with Gasteiger partial charge in [0, 0.05) is 7.05 Å². The molecule has 0 aliphatic rings. The summed E-state index contributed by atoms with van der Waals surface area (Å²) >= 11 is 0. The van der Waals surface area contributed by atoms with Crippen molar-refractivity contribution < 1.29 is 4.39 Å². The molecular formula is C6H8FN3. The SMILES string of the molecule is CN(N)c1cccc(F)n1. The lowest BCUT2D eigenvalue weighted by Gasteiger charge is -2.08. The Morgan fingerprint density at radius 1 is 1.60 bits per heavy atom. The van der Waals surface area contributed by atoms with Gasteiger partial charge in [-0.2, -0.15) is 4.39 Å². The Hall–Kier alpha value is -1.16. The van der Waals surface area contributed by atoms with Crippen molar-refractivity contribution >= 4 is 5.82 Å². The summed E-state index contributed by atoms with van der Waals surface area (Å²) < 4.78 is 12.3. The first-order valence-electron chi connectivity index (χ1n) is 2.81. The Labute approximate surface area is 58.3 Å². The molecule has 1 aromatic heterocycles. The van der Waals surface area contributed by atoms with Crippen molar-refractivity contribution in [2.24, 2.45) is 5.84 Å². The Kier molecular flexibility index (Phi) is 1.82. The van der Waals surface area contributed by atoms with Gasteiger partial charge in [-0.25, -0.2) is 10.8 Å². The van der Waals surface area contributed by atoms with Gasteiger partial charge in [-0.3, -0.25) is 5.01 Å². The third kappa shape index (κ3) is 1.41. The molecule has 2 N–H and O–H groups in total. The van der Waals surface area contributed by atoms with Crippen LogP contribution in [-0.2, 0) is 0 Å². The Balaban J connectivity index is 2.96. The van der Waals surface area contributed by atoms with E-state index in [0.29, 0.717) is 5.82 Å². The Morgan fingerprint density at radius 3 is 2.70 bits per heavy atom. The lowest BCUT2D eigenvalue weighted by molar-refractivity contribution is 0.582. The van der Waals surface area contributed by atoms with Crippen LogP contribution in [-0.4, -0.2) is 12.0 Å². The third-order valence-electron chi connectivity index (χ3n) is 1.06. The predicted molar refractivity (Wildman–Crippen MR) is 36.8 cm³/mol. The summed E-state index contributed by atoms with van der Waals surface area (Å²) in [5.41, 5.74) is 0. The van der Waals surface area contributed by atoms with Gasteiger partial charge in [-0.1, -0.05) is 6.07 Å². The normalized spacial score (nSPS) is 9.50. The van der Waals surface area contributed by atoms with Crippen LogP contribution in [0.25, 0.3) is 0 Å². The minimum absolute atomic E-state index is 0.417. The first-order valence-corrected chi connectivity index (χ1v) is 2.81. The van der Waals surface area contributed by atoms with E-state index in [0.717, 1.165) is 0 Å². The summed E-state index contributed by atoms with van der Waals surface area (Å²) in [6.45, 7) is 0. The number of anilines is 1. The van der Waals surface area contributed by atoms with Crippen LogP contribution in [0.15, 0.2) is 18.2 Å². The summed E-state index contributed by atoms with van der Waals surface area (Å²) in [5, 5.41) is 1.25. The number of rotatable bonds is 1. The molecule has 0 fully saturated rings. The number of hydrogen-bond acceptors (Lipinski definition) is 3. The molecule has 0 bridgehead atoms. The summed E-state index contributed by atoms with van der Waals surface area (Å²) in [7, 11) is 1.60. The molecule has 0 spiro atoms. The number of hydrazine groups is 1. The highest BCUT2D eigenvalue weighted by atomic mass is 19.1. The van der Waals surface area contributed by atoms with Gasteiger partial charge < -0.3 is 0 Å². The fourth-order valence-electron chi connectivity index (χ4n) is 0.594. The van der Waals surface area contributed by atoms with Crippen molar-refractivity contribution in [1.82, 2.24) is 4.98 Å². The van der Waals surface area contributed by atoms with E-state index < -0.39 is 5.95 Å². The molecule has 0 unspecified atom stereocenters. The zero-order valence-corrected chi connectivity index (χ0v) is 5.58. The molecule has 1 heterocycles. The standard InChI is InChI=1S/C6H8FN3/c1-10(8)6-4-2-3-5(7)9-6/h2-4H,8H2,1H3. The van der Waals surface area contributed by atoms with Crippen LogP contribution in [0.1, 0.15) is 0 Å². The van der Waals surface area contributed by atoms with E-state index in [2.05, 4.69) is 4.98 Å². The molecule has 0 atom stereocenters. The van der Waals surface area contributed by atoms with Crippen LogP contribution in [0, 0.1) is 5.95 Å². The van der Waals surface area contributed by atoms with Gasteiger partial charge in [0.05, 0.1) is 0 Å². The first kappa shape index (κ1) is 6.95. The highest BCUT2D eigenvalue weighted by molar-refractivity contribution is 5.34. The minimum Gasteiger partial charge on any atom is -0.298 e. The zero-order valence-electron chi connectivity index (χ0n) is 5.58. The minimum atomic E-state index is -0.519.